The fourth-order valence-electron chi connectivity index (χ4n) is 2.33. The van der Waals surface area contributed by atoms with E-state index in [-0.39, 0.29) is 11.9 Å². The maximum atomic E-state index is 12.1. The number of nitrogens with one attached hydrogen (secondary N) is 1. The standard InChI is InChI=1S/C13H14Cl3NO/c14-7-8-2-1-3-12(8)17-13(18)10-5-4-9(15)6-11(10)16/h4-6,8,12H,1-3,7H2,(H,17,18). The summed E-state index contributed by atoms with van der Waals surface area (Å²) in [6.45, 7) is 0. The van der Waals surface area contributed by atoms with Crippen LogP contribution >= 0.6 is 34.8 Å². The highest BCUT2D eigenvalue weighted by Gasteiger charge is 2.28. The van der Waals surface area contributed by atoms with Crippen molar-refractivity contribution in [3.05, 3.63) is 33.8 Å². The molecule has 0 aromatic heterocycles. The Labute approximate surface area is 122 Å². The van der Waals surface area contributed by atoms with E-state index in [0.717, 1.165) is 19.3 Å². The van der Waals surface area contributed by atoms with Crippen LogP contribution in [0.15, 0.2) is 18.2 Å². The molecular weight excluding hydrogens is 293 g/mol. The Balaban J connectivity index is 2.07. The molecule has 1 fully saturated rings. The fraction of sp³-hybridized carbons (Fsp3) is 0.462. The molecule has 0 saturated heterocycles. The Morgan fingerprint density at radius 2 is 2.11 bits per heavy atom. The smallest absolute Gasteiger partial charge is 0.253 e. The molecule has 98 valence electrons. The molecule has 0 heterocycles. The van der Waals surface area contributed by atoms with Gasteiger partial charge in [-0.3, -0.25) is 4.79 Å². The molecule has 1 amide bonds. The Kier molecular flexibility index (Phi) is 4.77. The van der Waals surface area contributed by atoms with Gasteiger partial charge in [0.15, 0.2) is 0 Å². The van der Waals surface area contributed by atoms with Crippen LogP contribution in [0.5, 0.6) is 0 Å². The first kappa shape index (κ1) is 14.0. The van der Waals surface area contributed by atoms with Crippen LogP contribution in [0.25, 0.3) is 0 Å². The van der Waals surface area contributed by atoms with Crippen LogP contribution in [-0.2, 0) is 0 Å². The Morgan fingerprint density at radius 3 is 2.78 bits per heavy atom. The zero-order valence-corrected chi connectivity index (χ0v) is 12.0. The van der Waals surface area contributed by atoms with Gasteiger partial charge in [-0.1, -0.05) is 29.6 Å². The molecule has 2 atom stereocenters. The monoisotopic (exact) mass is 305 g/mol. The number of rotatable bonds is 3. The molecule has 1 aromatic carbocycles. The topological polar surface area (TPSA) is 29.1 Å². The molecule has 2 nitrogen and oxygen atoms in total. The molecular formula is C13H14Cl3NO. The number of hydrogen-bond donors (Lipinski definition) is 1. The quantitative estimate of drug-likeness (QED) is 0.836. The van der Waals surface area contributed by atoms with Crippen molar-refractivity contribution in [2.45, 2.75) is 25.3 Å². The molecule has 0 bridgehead atoms. The van der Waals surface area contributed by atoms with E-state index in [1.165, 1.54) is 0 Å². The van der Waals surface area contributed by atoms with Gasteiger partial charge < -0.3 is 5.32 Å². The number of alkyl halides is 1. The van der Waals surface area contributed by atoms with E-state index in [9.17, 15) is 4.79 Å². The minimum atomic E-state index is -0.154. The van der Waals surface area contributed by atoms with E-state index >= 15 is 0 Å². The lowest BCUT2D eigenvalue weighted by molar-refractivity contribution is 0.0930. The summed E-state index contributed by atoms with van der Waals surface area (Å²) in [6.07, 6.45) is 3.16. The van der Waals surface area contributed by atoms with Crippen molar-refractivity contribution in [3.63, 3.8) is 0 Å². The predicted octanol–water partition coefficient (Wildman–Crippen LogP) is 4.13. The lowest BCUT2D eigenvalue weighted by atomic mass is 10.1. The van der Waals surface area contributed by atoms with Crippen molar-refractivity contribution in [2.24, 2.45) is 5.92 Å². The van der Waals surface area contributed by atoms with Gasteiger partial charge >= 0.3 is 0 Å². The average molecular weight is 307 g/mol. The van der Waals surface area contributed by atoms with E-state index in [1.807, 2.05) is 0 Å². The van der Waals surface area contributed by atoms with Crippen LogP contribution in [0.2, 0.25) is 10.0 Å². The molecule has 1 aliphatic carbocycles. The van der Waals surface area contributed by atoms with Crippen molar-refractivity contribution in [1.82, 2.24) is 5.32 Å². The maximum Gasteiger partial charge on any atom is 0.253 e. The number of hydrogen-bond acceptors (Lipinski definition) is 1. The molecule has 2 rings (SSSR count). The lowest BCUT2D eigenvalue weighted by Gasteiger charge is -2.19. The number of halogens is 3. The third-order valence-electron chi connectivity index (χ3n) is 3.35. The van der Waals surface area contributed by atoms with Crippen molar-refractivity contribution in [3.8, 4) is 0 Å². The van der Waals surface area contributed by atoms with E-state index < -0.39 is 0 Å². The number of carbonyl (C=O) groups excluding carboxylic acids is 1. The Morgan fingerprint density at radius 1 is 1.33 bits per heavy atom. The van der Waals surface area contributed by atoms with Gasteiger partial charge in [0.1, 0.15) is 0 Å². The number of benzene rings is 1. The molecule has 0 spiro atoms. The van der Waals surface area contributed by atoms with Gasteiger partial charge in [0, 0.05) is 16.9 Å². The van der Waals surface area contributed by atoms with Gasteiger partial charge in [-0.15, -0.1) is 11.6 Å². The molecule has 1 N–H and O–H groups in total. The largest absolute Gasteiger partial charge is 0.349 e. The normalized spacial score (nSPS) is 23.1. The second kappa shape index (κ2) is 6.14. The Hall–Kier alpha value is -0.440. The summed E-state index contributed by atoms with van der Waals surface area (Å²) in [5, 5.41) is 3.91. The summed E-state index contributed by atoms with van der Waals surface area (Å²) in [5.41, 5.74) is 0.460. The molecule has 0 aliphatic heterocycles. The first-order valence-corrected chi connectivity index (χ1v) is 7.22. The first-order valence-electron chi connectivity index (χ1n) is 5.93. The third kappa shape index (κ3) is 3.11. The summed E-state index contributed by atoms with van der Waals surface area (Å²) < 4.78 is 0. The summed E-state index contributed by atoms with van der Waals surface area (Å²) >= 11 is 17.7. The summed E-state index contributed by atoms with van der Waals surface area (Å²) in [5.74, 6) is 0.791. The zero-order valence-electron chi connectivity index (χ0n) is 9.76. The Bertz CT molecular complexity index is 450. The number of carbonyl (C=O) groups is 1. The van der Waals surface area contributed by atoms with Crippen LogP contribution in [0.3, 0.4) is 0 Å². The third-order valence-corrected chi connectivity index (χ3v) is 4.29. The highest BCUT2D eigenvalue weighted by atomic mass is 35.5. The number of amides is 1. The molecule has 5 heteroatoms. The summed E-state index contributed by atoms with van der Waals surface area (Å²) in [7, 11) is 0. The summed E-state index contributed by atoms with van der Waals surface area (Å²) in [6, 6.07) is 5.04. The van der Waals surface area contributed by atoms with Crippen LogP contribution in [0.4, 0.5) is 0 Å². The van der Waals surface area contributed by atoms with Crippen molar-refractivity contribution in [2.75, 3.05) is 5.88 Å². The van der Waals surface area contributed by atoms with Gasteiger partial charge in [0.05, 0.1) is 10.6 Å². The van der Waals surface area contributed by atoms with Crippen LogP contribution in [0, 0.1) is 5.92 Å². The minimum absolute atomic E-state index is 0.154. The molecule has 0 radical (unpaired) electrons. The van der Waals surface area contributed by atoms with E-state index in [4.69, 9.17) is 34.8 Å². The molecule has 2 unspecified atom stereocenters. The summed E-state index contributed by atoms with van der Waals surface area (Å²) in [4.78, 5) is 12.1. The van der Waals surface area contributed by atoms with E-state index in [0.29, 0.717) is 27.4 Å². The minimum Gasteiger partial charge on any atom is -0.349 e. The molecule has 1 aromatic rings. The van der Waals surface area contributed by atoms with Gasteiger partial charge in [-0.25, -0.2) is 0 Å². The van der Waals surface area contributed by atoms with Crippen LogP contribution in [-0.4, -0.2) is 17.8 Å². The van der Waals surface area contributed by atoms with Gasteiger partial charge in [-0.05, 0) is 37.0 Å². The average Bonchev–Trinajstić information content (AvgIpc) is 2.76. The van der Waals surface area contributed by atoms with Gasteiger partial charge in [-0.2, -0.15) is 0 Å². The second-order valence-corrected chi connectivity index (χ2v) is 5.70. The molecule has 1 saturated carbocycles. The lowest BCUT2D eigenvalue weighted by Crippen LogP contribution is -2.38. The maximum absolute atomic E-state index is 12.1. The highest BCUT2D eigenvalue weighted by molar-refractivity contribution is 6.36. The highest BCUT2D eigenvalue weighted by Crippen LogP contribution is 2.27. The second-order valence-electron chi connectivity index (χ2n) is 4.55. The first-order chi connectivity index (χ1) is 8.61. The van der Waals surface area contributed by atoms with Crippen LogP contribution < -0.4 is 5.32 Å². The predicted molar refractivity (Wildman–Crippen MR) is 75.8 cm³/mol. The molecule has 18 heavy (non-hydrogen) atoms. The fourth-order valence-corrected chi connectivity index (χ4v) is 3.20. The zero-order chi connectivity index (χ0) is 13.1. The molecule has 1 aliphatic rings. The van der Waals surface area contributed by atoms with Crippen molar-refractivity contribution in [1.29, 1.82) is 0 Å². The van der Waals surface area contributed by atoms with E-state index in [1.54, 1.807) is 18.2 Å². The van der Waals surface area contributed by atoms with Crippen molar-refractivity contribution < 1.29 is 4.79 Å². The van der Waals surface area contributed by atoms with Gasteiger partial charge in [0.25, 0.3) is 5.91 Å². The van der Waals surface area contributed by atoms with Crippen molar-refractivity contribution >= 4 is 40.7 Å². The van der Waals surface area contributed by atoms with Gasteiger partial charge in [0.2, 0.25) is 0 Å². The van der Waals surface area contributed by atoms with E-state index in [2.05, 4.69) is 5.32 Å². The van der Waals surface area contributed by atoms with Crippen LogP contribution in [0.1, 0.15) is 29.6 Å². The SMILES string of the molecule is O=C(NC1CCCC1CCl)c1ccc(Cl)cc1Cl.